The number of anilines is 2. The molecule has 1 aromatic carbocycles. The minimum atomic E-state index is 0. The van der Waals surface area contributed by atoms with Crippen molar-refractivity contribution in [1.82, 2.24) is 10.2 Å². The van der Waals surface area contributed by atoms with E-state index >= 15 is 0 Å². The summed E-state index contributed by atoms with van der Waals surface area (Å²) in [6.07, 6.45) is 1.70. The van der Waals surface area contributed by atoms with Gasteiger partial charge in [-0.05, 0) is 25.0 Å². The van der Waals surface area contributed by atoms with Crippen molar-refractivity contribution in [1.29, 1.82) is 0 Å². The molecule has 7 heteroatoms. The summed E-state index contributed by atoms with van der Waals surface area (Å²) in [6.45, 7) is 3.93. The lowest BCUT2D eigenvalue weighted by Crippen LogP contribution is -1.99. The van der Waals surface area contributed by atoms with E-state index in [2.05, 4.69) is 10.2 Å². The molecule has 16 heavy (non-hydrogen) atoms. The maximum Gasteiger partial charge on any atom is 0.0903 e. The summed E-state index contributed by atoms with van der Waals surface area (Å²) in [6, 6.07) is 0. The van der Waals surface area contributed by atoms with Crippen molar-refractivity contribution in [2.45, 2.75) is 13.8 Å². The summed E-state index contributed by atoms with van der Waals surface area (Å²) in [5.74, 6) is 0. The third-order valence-electron chi connectivity index (χ3n) is 2.57. The Morgan fingerprint density at radius 3 is 2.12 bits per heavy atom. The van der Waals surface area contributed by atoms with Crippen molar-refractivity contribution < 1.29 is 5.48 Å². The molecule has 0 fully saturated rings. The van der Waals surface area contributed by atoms with E-state index in [4.69, 9.17) is 11.5 Å². The van der Waals surface area contributed by atoms with Crippen LogP contribution < -0.4 is 11.5 Å². The average molecular weight is 267 g/mol. The molecule has 2 rings (SSSR count). The highest BCUT2D eigenvalue weighted by atomic mass is 35.5. The molecule has 1 aromatic heterocycles. The molecule has 0 radical (unpaired) electrons. The van der Waals surface area contributed by atoms with Crippen LogP contribution in [0.5, 0.6) is 0 Å². The van der Waals surface area contributed by atoms with Crippen molar-refractivity contribution in [3.05, 3.63) is 17.3 Å². The molecule has 0 unspecified atom stereocenters. The van der Waals surface area contributed by atoms with Gasteiger partial charge in [0.2, 0.25) is 0 Å². The SMILES string of the molecule is Cc1c(C)c(N)c2[nH]ncc2c1N.Cl.Cl.O. The number of halogens is 2. The fourth-order valence-electron chi connectivity index (χ4n) is 1.49. The van der Waals surface area contributed by atoms with Gasteiger partial charge in [-0.1, -0.05) is 0 Å². The van der Waals surface area contributed by atoms with E-state index in [1.54, 1.807) is 6.20 Å². The normalized spacial score (nSPS) is 8.88. The molecule has 1 heterocycles. The maximum atomic E-state index is 5.92. The van der Waals surface area contributed by atoms with E-state index < -0.39 is 0 Å². The molecule has 0 aliphatic heterocycles. The molecule has 5 nitrogen and oxygen atoms in total. The van der Waals surface area contributed by atoms with E-state index in [9.17, 15) is 0 Å². The molecule has 92 valence electrons. The van der Waals surface area contributed by atoms with Gasteiger partial charge in [0.25, 0.3) is 0 Å². The number of aromatic nitrogens is 2. The Hall–Kier alpha value is -1.17. The van der Waals surface area contributed by atoms with Crippen LogP contribution in [-0.2, 0) is 0 Å². The summed E-state index contributed by atoms with van der Waals surface area (Å²) in [4.78, 5) is 0. The molecule has 0 amide bonds. The van der Waals surface area contributed by atoms with Crippen LogP contribution in [0.1, 0.15) is 11.1 Å². The summed E-state index contributed by atoms with van der Waals surface area (Å²) >= 11 is 0. The number of H-pyrrole nitrogens is 1. The average Bonchev–Trinajstić information content (AvgIpc) is 2.59. The van der Waals surface area contributed by atoms with Gasteiger partial charge in [-0.3, -0.25) is 5.10 Å². The number of nitrogen functional groups attached to an aromatic ring is 2. The topological polar surface area (TPSA) is 112 Å². The first-order chi connectivity index (χ1) is 6.13. The van der Waals surface area contributed by atoms with Crippen LogP contribution in [0.2, 0.25) is 0 Å². The Bertz CT molecular complexity index is 442. The quantitative estimate of drug-likeness (QED) is 0.626. The fourth-order valence-corrected chi connectivity index (χ4v) is 1.49. The molecule has 0 saturated heterocycles. The summed E-state index contributed by atoms with van der Waals surface area (Å²) in [5.41, 5.74) is 16.2. The van der Waals surface area contributed by atoms with Gasteiger partial charge in [-0.25, -0.2) is 0 Å². The zero-order valence-corrected chi connectivity index (χ0v) is 10.6. The van der Waals surface area contributed by atoms with Gasteiger partial charge >= 0.3 is 0 Å². The molecule has 0 bridgehead atoms. The minimum absolute atomic E-state index is 0. The van der Waals surface area contributed by atoms with Crippen LogP contribution in [0.4, 0.5) is 11.4 Å². The Morgan fingerprint density at radius 2 is 1.56 bits per heavy atom. The highest BCUT2D eigenvalue weighted by Gasteiger charge is 2.10. The first-order valence-electron chi connectivity index (χ1n) is 4.10. The number of nitrogens with two attached hydrogens (primary N) is 2. The third kappa shape index (κ3) is 2.16. The second-order valence-electron chi connectivity index (χ2n) is 3.24. The lowest BCUT2D eigenvalue weighted by molar-refractivity contribution is 0.824. The van der Waals surface area contributed by atoms with Gasteiger partial charge < -0.3 is 16.9 Å². The lowest BCUT2D eigenvalue weighted by Gasteiger charge is -2.08. The van der Waals surface area contributed by atoms with Crippen molar-refractivity contribution in [2.24, 2.45) is 0 Å². The second-order valence-corrected chi connectivity index (χ2v) is 3.24. The van der Waals surface area contributed by atoms with E-state index in [1.165, 1.54) is 0 Å². The first kappa shape index (κ1) is 17.2. The van der Waals surface area contributed by atoms with Gasteiger partial charge in [-0.15, -0.1) is 24.8 Å². The van der Waals surface area contributed by atoms with Crippen LogP contribution >= 0.6 is 24.8 Å². The van der Waals surface area contributed by atoms with Crippen molar-refractivity contribution >= 4 is 47.1 Å². The molecule has 0 saturated carbocycles. The number of hydrogen-bond donors (Lipinski definition) is 3. The number of hydrogen-bond acceptors (Lipinski definition) is 3. The highest BCUT2D eigenvalue weighted by Crippen LogP contribution is 2.31. The standard InChI is InChI=1S/C9H12N4.2ClH.H2O/c1-4-5(2)8(11)9-6(7(4)10)3-12-13-9;;;/h3H,10-11H2,1-2H3,(H,12,13);2*1H;1H2. The number of rotatable bonds is 0. The Kier molecular flexibility index (Phi) is 6.24. The predicted molar refractivity (Wildman–Crippen MR) is 72.5 cm³/mol. The second kappa shape index (κ2) is 5.79. The largest absolute Gasteiger partial charge is 0.412 e. The van der Waals surface area contributed by atoms with E-state index in [1.807, 2.05) is 13.8 Å². The maximum absolute atomic E-state index is 5.92. The number of fused-ring (bicyclic) bond motifs is 1. The fraction of sp³-hybridized carbons (Fsp3) is 0.222. The van der Waals surface area contributed by atoms with E-state index in [-0.39, 0.29) is 30.3 Å². The third-order valence-corrected chi connectivity index (χ3v) is 2.57. The van der Waals surface area contributed by atoms with Crippen LogP contribution in [0.25, 0.3) is 10.9 Å². The zero-order valence-electron chi connectivity index (χ0n) is 9.00. The smallest absolute Gasteiger partial charge is 0.0903 e. The van der Waals surface area contributed by atoms with Crippen LogP contribution in [0.15, 0.2) is 6.20 Å². The number of aromatic amines is 1. The molecule has 7 N–H and O–H groups in total. The molecular formula is C9H16Cl2N4O. The van der Waals surface area contributed by atoms with E-state index in [0.717, 1.165) is 33.4 Å². The monoisotopic (exact) mass is 266 g/mol. The van der Waals surface area contributed by atoms with Crippen molar-refractivity contribution in [3.8, 4) is 0 Å². The summed E-state index contributed by atoms with van der Waals surface area (Å²) in [7, 11) is 0. The number of benzene rings is 1. The number of nitrogens with zero attached hydrogens (tertiary/aromatic N) is 1. The number of nitrogens with one attached hydrogen (secondary N) is 1. The van der Waals surface area contributed by atoms with Crippen molar-refractivity contribution in [3.63, 3.8) is 0 Å². The Balaban J connectivity index is 0. The summed E-state index contributed by atoms with van der Waals surface area (Å²) < 4.78 is 0. The molecule has 0 spiro atoms. The van der Waals surface area contributed by atoms with Crippen LogP contribution in [0.3, 0.4) is 0 Å². The van der Waals surface area contributed by atoms with Gasteiger partial charge in [-0.2, -0.15) is 5.10 Å². The lowest BCUT2D eigenvalue weighted by atomic mass is 10.0. The van der Waals surface area contributed by atoms with E-state index in [0.29, 0.717) is 0 Å². The summed E-state index contributed by atoms with van der Waals surface area (Å²) in [5, 5.41) is 7.67. The van der Waals surface area contributed by atoms with Crippen molar-refractivity contribution in [2.75, 3.05) is 11.5 Å². The Morgan fingerprint density at radius 1 is 1.06 bits per heavy atom. The van der Waals surface area contributed by atoms with Crippen LogP contribution in [0, 0.1) is 13.8 Å². The zero-order chi connectivity index (χ0) is 9.59. The molecular weight excluding hydrogens is 251 g/mol. The molecule has 0 aliphatic rings. The van der Waals surface area contributed by atoms with Gasteiger partial charge in [0.15, 0.2) is 0 Å². The minimum Gasteiger partial charge on any atom is -0.412 e. The molecule has 0 atom stereocenters. The molecule has 0 aliphatic carbocycles. The van der Waals surface area contributed by atoms with Gasteiger partial charge in [0.05, 0.1) is 17.4 Å². The van der Waals surface area contributed by atoms with Gasteiger partial charge in [0.1, 0.15) is 0 Å². The highest BCUT2D eigenvalue weighted by molar-refractivity contribution is 6.00. The first-order valence-corrected chi connectivity index (χ1v) is 4.10. The van der Waals surface area contributed by atoms with Crippen LogP contribution in [-0.4, -0.2) is 15.7 Å². The molecule has 2 aromatic rings. The van der Waals surface area contributed by atoms with Gasteiger partial charge in [0, 0.05) is 11.1 Å². The predicted octanol–water partition coefficient (Wildman–Crippen LogP) is 1.36. The Labute approximate surface area is 106 Å².